The Morgan fingerprint density at radius 1 is 1.05 bits per heavy atom. The van der Waals surface area contributed by atoms with E-state index in [-0.39, 0.29) is 22.9 Å². The van der Waals surface area contributed by atoms with Gasteiger partial charge in [0, 0.05) is 0 Å². The molecule has 0 spiro atoms. The summed E-state index contributed by atoms with van der Waals surface area (Å²) in [6.07, 6.45) is 0. The fraction of sp³-hybridized carbons (Fsp3) is 0.200. The van der Waals surface area contributed by atoms with Crippen molar-refractivity contribution in [2.45, 2.75) is 19.3 Å². The van der Waals surface area contributed by atoms with Crippen LogP contribution in [0.4, 0.5) is 5.69 Å². The number of halogens is 2. The van der Waals surface area contributed by atoms with Gasteiger partial charge in [0.1, 0.15) is 0 Å². The van der Waals surface area contributed by atoms with Crippen molar-refractivity contribution in [2.24, 2.45) is 5.18 Å². The molecule has 6 heteroatoms. The van der Waals surface area contributed by atoms with Crippen LogP contribution < -0.4 is 22.3 Å². The summed E-state index contributed by atoms with van der Waals surface area (Å²) in [6, 6.07) is 15.8. The normalized spacial score (nSPS) is 16.0. The molecule has 1 heterocycles. The number of hydrogen-bond acceptors (Lipinski definition) is 4. The van der Waals surface area contributed by atoms with Gasteiger partial charge < -0.3 is 0 Å². The van der Waals surface area contributed by atoms with Crippen LogP contribution in [0, 0.1) is 4.91 Å². The summed E-state index contributed by atoms with van der Waals surface area (Å²) in [5.41, 5.74) is 2.73. The minimum absolute atomic E-state index is 0.121. The molecule has 0 radical (unpaired) electrons. The second kappa shape index (κ2) is 6.17. The number of benzene rings is 2. The second-order valence-corrected chi connectivity index (χ2v) is 18.1. The Hall–Kier alpha value is -0.740. The molecule has 1 saturated heterocycles. The maximum atomic E-state index is 10.5. The third kappa shape index (κ3) is 3.54. The molecule has 0 aromatic heterocycles. The van der Waals surface area contributed by atoms with Crippen LogP contribution in [0.3, 0.4) is 0 Å². The first kappa shape index (κ1) is 15.2. The van der Waals surface area contributed by atoms with Crippen molar-refractivity contribution in [3.05, 3.63) is 64.6 Å². The van der Waals surface area contributed by atoms with Gasteiger partial charge in [-0.15, -0.1) is 0 Å². The first-order valence-corrected chi connectivity index (χ1v) is 15.8. The molecule has 0 atom stereocenters. The molecule has 2 aromatic rings. The number of rotatable bonds is 5. The van der Waals surface area contributed by atoms with Gasteiger partial charge in [-0.25, -0.2) is 0 Å². The summed E-state index contributed by atoms with van der Waals surface area (Å²) in [6.45, 7) is 4.35. The van der Waals surface area contributed by atoms with Crippen molar-refractivity contribution in [1.82, 2.24) is 1.74 Å². The van der Waals surface area contributed by atoms with Gasteiger partial charge in [0.15, 0.2) is 0 Å². The zero-order valence-corrected chi connectivity index (χ0v) is 16.0. The zero-order chi connectivity index (χ0) is 14.9. The Balaban J connectivity index is 1.83. The van der Waals surface area contributed by atoms with E-state index in [1.54, 1.807) is 12.1 Å². The van der Waals surface area contributed by atoms with Crippen LogP contribution in [0.1, 0.15) is 25.0 Å². The number of hydrogen-bond donors (Lipinski definition) is 1. The van der Waals surface area contributed by atoms with E-state index in [4.69, 9.17) is 3.07 Å². The molecule has 1 N–H and O–H groups in total. The van der Waals surface area contributed by atoms with Gasteiger partial charge in [-0.3, -0.25) is 0 Å². The van der Waals surface area contributed by atoms with Crippen molar-refractivity contribution in [1.29, 1.82) is 0 Å². The Morgan fingerprint density at radius 3 is 2.05 bits per heavy atom. The fourth-order valence-electron chi connectivity index (χ4n) is 2.15. The van der Waals surface area contributed by atoms with E-state index in [9.17, 15) is 4.91 Å². The third-order valence-electron chi connectivity index (χ3n) is 3.56. The average molecular weight is 509 g/mol. The van der Waals surface area contributed by atoms with Gasteiger partial charge in [-0.2, -0.15) is 0 Å². The van der Waals surface area contributed by atoms with Crippen LogP contribution in [0.25, 0.3) is 0 Å². The quantitative estimate of drug-likeness (QED) is 0.289. The van der Waals surface area contributed by atoms with Gasteiger partial charge in [-0.05, 0) is 0 Å². The maximum absolute atomic E-state index is 10.5. The molecular weight excluding hydrogens is 494 g/mol. The van der Waals surface area contributed by atoms with Crippen LogP contribution in [0.2, 0.25) is 0 Å². The van der Waals surface area contributed by atoms with E-state index in [1.807, 2.05) is 12.1 Å². The Morgan fingerprint density at radius 2 is 1.57 bits per heavy atom. The van der Waals surface area contributed by atoms with Crippen molar-refractivity contribution >= 4 is 22.2 Å². The Labute approximate surface area is 138 Å². The molecule has 0 aliphatic carbocycles. The van der Waals surface area contributed by atoms with Crippen LogP contribution >= 0.6 is 16.5 Å². The Kier molecular flexibility index (Phi) is 4.46. The zero-order valence-electron chi connectivity index (χ0n) is 11.6. The van der Waals surface area contributed by atoms with Crippen molar-refractivity contribution in [2.75, 3.05) is 0 Å². The molecule has 0 amide bonds. The number of nitroso groups, excluding NO2 is 1. The molecular formula is C15H15I2N2O2-. The standard InChI is InChI=1S/C15H15I2N2O2/c1-15(2,11-3-7-13(18-20)8-4-11)12-5-9-14(10-6-12)21-17-16-19-17/h3-10,19H,1-2H3/q-1. The van der Waals surface area contributed by atoms with Crippen LogP contribution in [0.15, 0.2) is 53.7 Å². The monoisotopic (exact) mass is 509 g/mol. The summed E-state index contributed by atoms with van der Waals surface area (Å²) in [4.78, 5) is 10.5. The molecule has 0 unspecified atom stereocenters. The molecule has 1 aliphatic rings. The third-order valence-corrected chi connectivity index (χ3v) is 11.3. The Bertz CT molecular complexity index is 638. The van der Waals surface area contributed by atoms with E-state index >= 15 is 0 Å². The first-order valence-electron chi connectivity index (χ1n) is 6.43. The molecule has 21 heavy (non-hydrogen) atoms. The van der Waals surface area contributed by atoms with E-state index in [1.165, 1.54) is 5.56 Å². The van der Waals surface area contributed by atoms with Gasteiger partial charge in [0.2, 0.25) is 0 Å². The average Bonchev–Trinajstić information content (AvgIpc) is 3.32. The van der Waals surface area contributed by atoms with Gasteiger partial charge in [-0.1, -0.05) is 0 Å². The van der Waals surface area contributed by atoms with Crippen molar-refractivity contribution in [3.8, 4) is 5.75 Å². The predicted molar refractivity (Wildman–Crippen MR) is 88.3 cm³/mol. The van der Waals surface area contributed by atoms with Crippen LogP contribution in [-0.2, 0) is 5.41 Å². The van der Waals surface area contributed by atoms with Gasteiger partial charge in [0.25, 0.3) is 0 Å². The van der Waals surface area contributed by atoms with Crippen molar-refractivity contribution in [3.63, 3.8) is 0 Å². The summed E-state index contributed by atoms with van der Waals surface area (Å²) in [7, 11) is 0. The number of nitrogens with one attached hydrogen (secondary N) is 1. The molecule has 4 nitrogen and oxygen atoms in total. The summed E-state index contributed by atoms with van der Waals surface area (Å²) < 4.78 is 9.25. The van der Waals surface area contributed by atoms with E-state index in [0.29, 0.717) is 5.69 Å². The van der Waals surface area contributed by atoms with Gasteiger partial charge in [0.05, 0.1) is 0 Å². The van der Waals surface area contributed by atoms with Crippen LogP contribution in [0.5, 0.6) is 5.75 Å². The summed E-state index contributed by atoms with van der Waals surface area (Å²) in [5.74, 6) is 0.977. The van der Waals surface area contributed by atoms with E-state index in [0.717, 1.165) is 11.3 Å². The summed E-state index contributed by atoms with van der Waals surface area (Å²) in [5, 5.41) is 2.95. The topological polar surface area (TPSA) is 60.6 Å². The second-order valence-electron chi connectivity index (χ2n) is 5.21. The van der Waals surface area contributed by atoms with Crippen molar-refractivity contribution < 1.29 is 20.6 Å². The van der Waals surface area contributed by atoms with E-state index < -0.39 is 16.5 Å². The molecule has 112 valence electrons. The molecule has 0 saturated carbocycles. The molecule has 1 aliphatic heterocycles. The van der Waals surface area contributed by atoms with E-state index in [2.05, 4.69) is 45.0 Å². The first-order chi connectivity index (χ1) is 10.1. The molecule has 3 rings (SSSR count). The molecule has 2 aromatic carbocycles. The SMILES string of the molecule is CC(C)(c1ccc(N=O)cc1)c1ccc(OI2N[I-]2)cc1. The van der Waals surface area contributed by atoms with Gasteiger partial charge >= 0.3 is 139 Å². The minimum atomic E-state index is -1.11. The van der Waals surface area contributed by atoms with Crippen LogP contribution in [-0.4, -0.2) is 0 Å². The molecule has 1 fully saturated rings. The summed E-state index contributed by atoms with van der Waals surface area (Å²) >= 11 is -0.887. The predicted octanol–water partition coefficient (Wildman–Crippen LogP) is 1.65. The fourth-order valence-corrected chi connectivity index (χ4v) is 8.78. The number of nitrogens with zero attached hydrogens (tertiary/aromatic N) is 1. The molecule has 0 bridgehead atoms.